The molecule has 0 aliphatic carbocycles. The number of carbonyl (C=O) groups is 3. The summed E-state index contributed by atoms with van der Waals surface area (Å²) in [7, 11) is 0. The molecule has 0 bridgehead atoms. The number of nitrogens with one attached hydrogen (secondary N) is 3. The zero-order chi connectivity index (χ0) is 19.8. The van der Waals surface area contributed by atoms with E-state index >= 15 is 0 Å². The van der Waals surface area contributed by atoms with Crippen molar-refractivity contribution < 1.29 is 19.6 Å². The van der Waals surface area contributed by atoms with Crippen LogP contribution in [0, 0.1) is 5.92 Å². The molecule has 2 aromatic rings. The molecule has 27 heavy (non-hydrogen) atoms. The molecule has 0 aliphatic heterocycles. The van der Waals surface area contributed by atoms with Crippen LogP contribution in [0.25, 0.3) is 10.7 Å². The monoisotopic (exact) mass is 411 g/mol. The number of nitrogens with zero attached hydrogens (tertiary/aromatic N) is 2. The van der Waals surface area contributed by atoms with Crippen LogP contribution in [0.1, 0.15) is 37.2 Å². The Morgan fingerprint density at radius 1 is 1.26 bits per heavy atom. The first kappa shape index (κ1) is 20.9. The summed E-state index contributed by atoms with van der Waals surface area (Å²) < 4.78 is 0. The van der Waals surface area contributed by atoms with Crippen molar-refractivity contribution in [2.45, 2.75) is 32.7 Å². The summed E-state index contributed by atoms with van der Waals surface area (Å²) in [6.45, 7) is 3.91. The molecule has 0 saturated carbocycles. The molecular formula is C16H21N5O4S2. The van der Waals surface area contributed by atoms with Gasteiger partial charge in [-0.3, -0.25) is 19.6 Å². The first-order chi connectivity index (χ1) is 12.9. The minimum atomic E-state index is -0.728. The minimum absolute atomic E-state index is 0.0910. The van der Waals surface area contributed by atoms with Crippen molar-refractivity contribution in [2.24, 2.45) is 5.92 Å². The number of hydrogen-bond acceptors (Lipinski definition) is 8. The van der Waals surface area contributed by atoms with E-state index in [-0.39, 0.29) is 30.5 Å². The number of hydroxylamine groups is 1. The lowest BCUT2D eigenvalue weighted by molar-refractivity contribution is -0.129. The molecule has 9 nitrogen and oxygen atoms in total. The highest BCUT2D eigenvalue weighted by Crippen LogP contribution is 2.23. The molecule has 2 aromatic heterocycles. The summed E-state index contributed by atoms with van der Waals surface area (Å²) in [5, 5.41) is 18.0. The lowest BCUT2D eigenvalue weighted by Crippen LogP contribution is -2.50. The van der Waals surface area contributed by atoms with Crippen LogP contribution in [0.2, 0.25) is 0 Å². The molecule has 1 atom stereocenters. The number of aromatic nitrogens is 2. The van der Waals surface area contributed by atoms with Gasteiger partial charge in [-0.1, -0.05) is 13.8 Å². The van der Waals surface area contributed by atoms with E-state index < -0.39 is 17.9 Å². The SMILES string of the molecule is CC(C)C(NC(=O)c1csc(-c2cscn2)n1)C(=O)NCCCC(=O)NO. The van der Waals surface area contributed by atoms with Gasteiger partial charge < -0.3 is 10.6 Å². The van der Waals surface area contributed by atoms with Gasteiger partial charge in [0.25, 0.3) is 5.91 Å². The van der Waals surface area contributed by atoms with Gasteiger partial charge in [-0.25, -0.2) is 15.4 Å². The van der Waals surface area contributed by atoms with Gasteiger partial charge in [0, 0.05) is 23.7 Å². The van der Waals surface area contributed by atoms with Crippen molar-refractivity contribution in [3.05, 3.63) is 22.0 Å². The Hall–Kier alpha value is -2.37. The lowest BCUT2D eigenvalue weighted by Gasteiger charge is -2.21. The third kappa shape index (κ3) is 6.08. The summed E-state index contributed by atoms with van der Waals surface area (Å²) in [6.07, 6.45) is 0.466. The fourth-order valence-corrected chi connectivity index (χ4v) is 3.57. The van der Waals surface area contributed by atoms with Crippen LogP contribution in [0.3, 0.4) is 0 Å². The van der Waals surface area contributed by atoms with E-state index in [1.807, 2.05) is 19.2 Å². The van der Waals surface area contributed by atoms with Crippen LogP contribution in [-0.2, 0) is 9.59 Å². The first-order valence-electron chi connectivity index (χ1n) is 8.28. The summed E-state index contributed by atoms with van der Waals surface area (Å²) in [5.41, 5.74) is 4.18. The number of thiazole rings is 2. The molecule has 0 saturated heterocycles. The smallest absolute Gasteiger partial charge is 0.271 e. The van der Waals surface area contributed by atoms with E-state index in [0.29, 0.717) is 17.1 Å². The summed E-state index contributed by atoms with van der Waals surface area (Å²) >= 11 is 2.76. The van der Waals surface area contributed by atoms with Gasteiger partial charge in [0.15, 0.2) is 0 Å². The van der Waals surface area contributed by atoms with Crippen LogP contribution in [0.5, 0.6) is 0 Å². The molecule has 2 heterocycles. The standard InChI is InChI=1S/C16H21N5O4S2/c1-9(2)13(15(24)17-5-3-4-12(22)21-25)20-14(23)10-7-27-16(19-10)11-6-26-8-18-11/h6-9,13,25H,3-5H2,1-2H3,(H,17,24)(H,20,23)(H,21,22). The second kappa shape index (κ2) is 10.1. The van der Waals surface area contributed by atoms with E-state index in [1.54, 1.807) is 10.9 Å². The Morgan fingerprint density at radius 3 is 2.67 bits per heavy atom. The zero-order valence-electron chi connectivity index (χ0n) is 14.9. The minimum Gasteiger partial charge on any atom is -0.354 e. The van der Waals surface area contributed by atoms with Gasteiger partial charge in [0.2, 0.25) is 11.8 Å². The van der Waals surface area contributed by atoms with Crippen molar-refractivity contribution in [1.82, 2.24) is 26.1 Å². The van der Waals surface area contributed by atoms with Crippen LogP contribution < -0.4 is 16.1 Å². The molecule has 1 unspecified atom stereocenters. The maximum Gasteiger partial charge on any atom is 0.271 e. The Labute approximate surface area is 164 Å². The predicted molar refractivity (Wildman–Crippen MR) is 101 cm³/mol. The molecule has 11 heteroatoms. The number of rotatable bonds is 9. The second-order valence-corrected chi connectivity index (χ2v) is 7.61. The highest BCUT2D eigenvalue weighted by atomic mass is 32.1. The van der Waals surface area contributed by atoms with E-state index in [2.05, 4.69) is 20.6 Å². The van der Waals surface area contributed by atoms with E-state index in [1.165, 1.54) is 28.2 Å². The predicted octanol–water partition coefficient (Wildman–Crippen LogP) is 1.42. The van der Waals surface area contributed by atoms with Crippen molar-refractivity contribution in [3.8, 4) is 10.7 Å². The molecule has 2 rings (SSSR count). The quantitative estimate of drug-likeness (QED) is 0.280. The molecule has 0 fully saturated rings. The van der Waals surface area contributed by atoms with Gasteiger partial charge in [0.1, 0.15) is 22.4 Å². The van der Waals surface area contributed by atoms with E-state index in [0.717, 1.165) is 0 Å². The van der Waals surface area contributed by atoms with Crippen molar-refractivity contribution in [3.63, 3.8) is 0 Å². The summed E-state index contributed by atoms with van der Waals surface area (Å²) in [5.74, 6) is -1.41. The lowest BCUT2D eigenvalue weighted by atomic mass is 10.0. The number of amides is 3. The fraction of sp³-hybridized carbons (Fsp3) is 0.438. The molecule has 146 valence electrons. The van der Waals surface area contributed by atoms with Crippen molar-refractivity contribution in [1.29, 1.82) is 0 Å². The van der Waals surface area contributed by atoms with E-state index in [4.69, 9.17) is 5.21 Å². The molecule has 0 radical (unpaired) electrons. The van der Waals surface area contributed by atoms with Gasteiger partial charge in [-0.05, 0) is 12.3 Å². The average molecular weight is 412 g/mol. The van der Waals surface area contributed by atoms with Crippen LogP contribution in [0.15, 0.2) is 16.3 Å². The number of hydrogen-bond donors (Lipinski definition) is 4. The molecule has 4 N–H and O–H groups in total. The summed E-state index contributed by atoms with van der Waals surface area (Å²) in [4.78, 5) is 44.2. The topological polar surface area (TPSA) is 133 Å². The molecule has 0 spiro atoms. The van der Waals surface area contributed by atoms with Gasteiger partial charge >= 0.3 is 0 Å². The highest BCUT2D eigenvalue weighted by molar-refractivity contribution is 7.14. The Morgan fingerprint density at radius 2 is 2.04 bits per heavy atom. The number of carbonyl (C=O) groups excluding carboxylic acids is 3. The van der Waals surface area contributed by atoms with Gasteiger partial charge in [0.05, 0.1) is 5.51 Å². The maximum atomic E-state index is 12.5. The molecule has 3 amide bonds. The zero-order valence-corrected chi connectivity index (χ0v) is 16.5. The van der Waals surface area contributed by atoms with Gasteiger partial charge in [-0.2, -0.15) is 0 Å². The third-order valence-corrected chi connectivity index (χ3v) is 5.08. The highest BCUT2D eigenvalue weighted by Gasteiger charge is 2.25. The molecule has 0 aromatic carbocycles. The van der Waals surface area contributed by atoms with E-state index in [9.17, 15) is 14.4 Å². The van der Waals surface area contributed by atoms with Gasteiger partial charge in [-0.15, -0.1) is 22.7 Å². The van der Waals surface area contributed by atoms with Crippen LogP contribution in [-0.4, -0.2) is 45.5 Å². The Balaban J connectivity index is 1.91. The second-order valence-electron chi connectivity index (χ2n) is 6.04. The summed E-state index contributed by atoms with van der Waals surface area (Å²) in [6, 6.07) is -0.728. The van der Waals surface area contributed by atoms with Crippen LogP contribution in [0.4, 0.5) is 0 Å². The third-order valence-electron chi connectivity index (χ3n) is 3.63. The molecule has 0 aliphatic rings. The normalized spacial score (nSPS) is 11.9. The Kier molecular flexibility index (Phi) is 7.82. The largest absolute Gasteiger partial charge is 0.354 e. The van der Waals surface area contributed by atoms with Crippen molar-refractivity contribution in [2.75, 3.05) is 6.54 Å². The molecular weight excluding hydrogens is 390 g/mol. The maximum absolute atomic E-state index is 12.5. The van der Waals surface area contributed by atoms with Crippen molar-refractivity contribution >= 4 is 40.4 Å². The average Bonchev–Trinajstić information content (AvgIpc) is 3.33. The fourth-order valence-electron chi connectivity index (χ4n) is 2.19. The Bertz CT molecular complexity index is 776. The van der Waals surface area contributed by atoms with Crippen LogP contribution >= 0.6 is 22.7 Å². The first-order valence-corrected chi connectivity index (χ1v) is 10.1.